The van der Waals surface area contributed by atoms with Gasteiger partial charge in [0.25, 0.3) is 5.91 Å². The number of nitrogens with one attached hydrogen (secondary N) is 1. The van der Waals surface area contributed by atoms with E-state index in [0.717, 1.165) is 5.56 Å². The number of rotatable bonds is 10. The van der Waals surface area contributed by atoms with E-state index in [1.54, 1.807) is 41.4 Å². The fourth-order valence-electron chi connectivity index (χ4n) is 4.74. The van der Waals surface area contributed by atoms with Crippen molar-refractivity contribution in [2.24, 2.45) is 0 Å². The van der Waals surface area contributed by atoms with Gasteiger partial charge in [0, 0.05) is 37.6 Å². The Balaban J connectivity index is 1.44. The highest BCUT2D eigenvalue weighted by atomic mass is 32.2. The van der Waals surface area contributed by atoms with Gasteiger partial charge in [-0.1, -0.05) is 61.2 Å². The van der Waals surface area contributed by atoms with Gasteiger partial charge in [0.05, 0.1) is 23.8 Å². The maximum Gasteiger partial charge on any atom is 0.257 e. The second-order valence-electron chi connectivity index (χ2n) is 9.45. The number of benzene rings is 2. The van der Waals surface area contributed by atoms with Crippen LogP contribution in [0.1, 0.15) is 18.4 Å². The molecule has 0 atom stereocenters. The molecule has 0 saturated carbocycles. The molecule has 2 aromatic carbocycles. The topological polar surface area (TPSA) is 109 Å². The Bertz CT molecular complexity index is 1490. The van der Waals surface area contributed by atoms with Crippen LogP contribution >= 0.6 is 0 Å². The number of sulfonamides is 1. The number of piperidine rings is 1. The largest absolute Gasteiger partial charge is 0.496 e. The maximum absolute atomic E-state index is 13.4. The summed E-state index contributed by atoms with van der Waals surface area (Å²) >= 11 is 0. The van der Waals surface area contributed by atoms with Gasteiger partial charge >= 0.3 is 0 Å². The van der Waals surface area contributed by atoms with Crippen LogP contribution in [0, 0.1) is 0 Å². The average Bonchev–Trinajstić information content (AvgIpc) is 2.94. The number of carbonyl (C=O) groups is 1. The van der Waals surface area contributed by atoms with Crippen LogP contribution in [-0.4, -0.2) is 61.7 Å². The fourth-order valence-corrected chi connectivity index (χ4v) is 5.88. The predicted octanol–water partition coefficient (Wildman–Crippen LogP) is 3.75. The van der Waals surface area contributed by atoms with Gasteiger partial charge in [-0.15, -0.1) is 0 Å². The van der Waals surface area contributed by atoms with Gasteiger partial charge in [0.2, 0.25) is 10.0 Å². The Hall–Kier alpha value is -3.79. The highest BCUT2D eigenvalue weighted by Gasteiger charge is 2.35. The molecular weight excluding hydrogens is 514 g/mol. The number of carbonyl (C=O) groups excluding carboxylic acids is 1. The van der Waals surface area contributed by atoms with Gasteiger partial charge in [0.1, 0.15) is 10.7 Å². The standard InChI is InChI=1S/C30H33N3O5S/c1-3-9-25(29(34)33-20-16-30(35,17-21-33)22-23-10-5-4-6-11-23)26(38-2)15-19-32-39(36,37)27-14-7-12-24-13-8-18-31-28(24)27/h3-15,18,32,35H,1,16-17,19-22H2,2H3/b25-9+,26-15+. The van der Waals surface area contributed by atoms with Gasteiger partial charge in [-0.25, -0.2) is 13.1 Å². The van der Waals surface area contributed by atoms with Gasteiger partial charge in [-0.3, -0.25) is 9.78 Å². The van der Waals surface area contributed by atoms with Crippen molar-refractivity contribution in [2.45, 2.75) is 29.8 Å². The van der Waals surface area contributed by atoms with E-state index in [2.05, 4.69) is 16.3 Å². The number of hydrogen-bond acceptors (Lipinski definition) is 6. The zero-order valence-electron chi connectivity index (χ0n) is 21.9. The quantitative estimate of drug-likeness (QED) is 0.227. The minimum Gasteiger partial charge on any atom is -0.496 e. The van der Waals surface area contributed by atoms with Crippen LogP contribution in [0.25, 0.3) is 10.9 Å². The molecule has 8 nitrogen and oxygen atoms in total. The van der Waals surface area contributed by atoms with E-state index in [0.29, 0.717) is 43.3 Å². The first-order valence-corrected chi connectivity index (χ1v) is 14.2. The molecule has 1 aromatic heterocycles. The van der Waals surface area contributed by atoms with E-state index in [1.807, 2.05) is 30.3 Å². The number of para-hydroxylation sites is 1. The van der Waals surface area contributed by atoms with E-state index in [1.165, 1.54) is 25.3 Å². The van der Waals surface area contributed by atoms with E-state index in [9.17, 15) is 18.3 Å². The molecule has 1 fully saturated rings. The number of likely N-dealkylation sites (tertiary alicyclic amines) is 1. The molecule has 9 heteroatoms. The zero-order chi connectivity index (χ0) is 27.9. The number of fused-ring (bicyclic) bond motifs is 1. The Morgan fingerprint density at radius 3 is 2.54 bits per heavy atom. The van der Waals surface area contributed by atoms with E-state index in [-0.39, 0.29) is 28.7 Å². The summed E-state index contributed by atoms with van der Waals surface area (Å²) in [6.07, 6.45) is 7.51. The van der Waals surface area contributed by atoms with E-state index in [4.69, 9.17) is 4.74 Å². The third-order valence-corrected chi connectivity index (χ3v) is 8.26. The SMILES string of the molecule is C=C/C=C(C(=O)N1CCC(O)(Cc2ccccc2)CC1)\C(=C/CNS(=O)(=O)c1cccc2cccnc12)OC. The smallest absolute Gasteiger partial charge is 0.257 e. The minimum atomic E-state index is -3.88. The lowest BCUT2D eigenvalue weighted by Gasteiger charge is -2.38. The molecule has 1 aliphatic rings. The van der Waals surface area contributed by atoms with Crippen molar-refractivity contribution in [3.05, 3.63) is 109 Å². The van der Waals surface area contributed by atoms with Crippen LogP contribution in [0.5, 0.6) is 0 Å². The summed E-state index contributed by atoms with van der Waals surface area (Å²) in [6, 6.07) is 18.3. The Morgan fingerprint density at radius 1 is 1.13 bits per heavy atom. The average molecular weight is 548 g/mol. The summed E-state index contributed by atoms with van der Waals surface area (Å²) in [5, 5.41) is 11.8. The van der Waals surface area contributed by atoms with Crippen molar-refractivity contribution in [1.29, 1.82) is 0 Å². The number of ether oxygens (including phenoxy) is 1. The number of hydrogen-bond donors (Lipinski definition) is 2. The summed E-state index contributed by atoms with van der Waals surface area (Å²) in [6.45, 7) is 4.38. The predicted molar refractivity (Wildman–Crippen MR) is 151 cm³/mol. The molecule has 0 radical (unpaired) electrons. The molecule has 2 heterocycles. The second-order valence-corrected chi connectivity index (χ2v) is 11.2. The van der Waals surface area contributed by atoms with Crippen molar-refractivity contribution in [1.82, 2.24) is 14.6 Å². The Kier molecular flexibility index (Phi) is 8.96. The summed E-state index contributed by atoms with van der Waals surface area (Å²) < 4.78 is 34.1. The van der Waals surface area contributed by atoms with E-state index < -0.39 is 15.6 Å². The monoisotopic (exact) mass is 547 g/mol. The van der Waals surface area contributed by atoms with Crippen LogP contribution in [0.2, 0.25) is 0 Å². The molecule has 0 unspecified atom stereocenters. The number of aromatic nitrogens is 1. The maximum atomic E-state index is 13.4. The van der Waals surface area contributed by atoms with Gasteiger partial charge in [-0.05, 0) is 42.7 Å². The van der Waals surface area contributed by atoms with Crippen molar-refractivity contribution < 1.29 is 23.1 Å². The third-order valence-electron chi connectivity index (χ3n) is 6.80. The van der Waals surface area contributed by atoms with Crippen LogP contribution in [0.3, 0.4) is 0 Å². The summed E-state index contributed by atoms with van der Waals surface area (Å²) in [5.41, 5.74) is 0.809. The number of allylic oxidation sites excluding steroid dienone is 2. The summed E-state index contributed by atoms with van der Waals surface area (Å²) in [7, 11) is -2.46. The van der Waals surface area contributed by atoms with Gasteiger partial charge in [-0.2, -0.15) is 0 Å². The molecule has 1 saturated heterocycles. The van der Waals surface area contributed by atoms with Gasteiger partial charge in [0.15, 0.2) is 0 Å². The molecule has 39 heavy (non-hydrogen) atoms. The summed E-state index contributed by atoms with van der Waals surface area (Å²) in [4.78, 5) is 19.4. The van der Waals surface area contributed by atoms with Crippen LogP contribution in [-0.2, 0) is 26.0 Å². The van der Waals surface area contributed by atoms with Crippen molar-refractivity contribution in [2.75, 3.05) is 26.7 Å². The minimum absolute atomic E-state index is 0.0715. The number of nitrogens with zero attached hydrogens (tertiary/aromatic N) is 2. The highest BCUT2D eigenvalue weighted by Crippen LogP contribution is 2.28. The van der Waals surface area contributed by atoms with Crippen LogP contribution in [0.4, 0.5) is 0 Å². The first-order valence-electron chi connectivity index (χ1n) is 12.7. The van der Waals surface area contributed by atoms with Gasteiger partial charge < -0.3 is 14.7 Å². The van der Waals surface area contributed by atoms with Crippen LogP contribution in [0.15, 0.2) is 108 Å². The number of pyridine rings is 1. The molecule has 0 aliphatic carbocycles. The third kappa shape index (κ3) is 6.81. The van der Waals surface area contributed by atoms with Crippen LogP contribution < -0.4 is 4.72 Å². The molecule has 0 bridgehead atoms. The lowest BCUT2D eigenvalue weighted by molar-refractivity contribution is -0.131. The summed E-state index contributed by atoms with van der Waals surface area (Å²) in [5.74, 6) is -0.0466. The number of aliphatic hydroxyl groups is 1. The fraction of sp³-hybridized carbons (Fsp3) is 0.267. The number of amides is 1. The first-order chi connectivity index (χ1) is 18.8. The highest BCUT2D eigenvalue weighted by molar-refractivity contribution is 7.89. The first kappa shape index (κ1) is 28.2. The molecule has 204 valence electrons. The Labute approximate surface area is 229 Å². The Morgan fingerprint density at radius 2 is 1.85 bits per heavy atom. The van der Waals surface area contributed by atoms with Crippen molar-refractivity contribution in [3.8, 4) is 0 Å². The molecule has 2 N–H and O–H groups in total. The number of methoxy groups -OCH3 is 1. The zero-order valence-corrected chi connectivity index (χ0v) is 22.7. The second kappa shape index (κ2) is 12.4. The van der Waals surface area contributed by atoms with Crippen molar-refractivity contribution >= 4 is 26.8 Å². The molecular formula is C30H33N3O5S. The molecule has 0 spiro atoms. The lowest BCUT2D eigenvalue weighted by atomic mass is 9.85. The lowest BCUT2D eigenvalue weighted by Crippen LogP contribution is -2.48. The molecule has 3 aromatic rings. The molecule has 4 rings (SSSR count). The van der Waals surface area contributed by atoms with Crippen molar-refractivity contribution in [3.63, 3.8) is 0 Å². The molecule has 1 aliphatic heterocycles. The van der Waals surface area contributed by atoms with E-state index >= 15 is 0 Å². The molecule has 1 amide bonds. The normalized spacial score (nSPS) is 16.2.